The normalized spacial score (nSPS) is 23.8. The summed E-state index contributed by atoms with van der Waals surface area (Å²) in [5, 5.41) is 2.74. The maximum Gasteiger partial charge on any atom is 0.505 e. The third kappa shape index (κ3) is 5.44. The molecule has 0 spiro atoms. The van der Waals surface area contributed by atoms with E-state index in [0.29, 0.717) is 26.1 Å². The van der Waals surface area contributed by atoms with Crippen molar-refractivity contribution in [1.29, 1.82) is 0 Å². The Morgan fingerprint density at radius 3 is 2.45 bits per heavy atom. The van der Waals surface area contributed by atoms with Crippen molar-refractivity contribution in [2.45, 2.75) is 75.9 Å². The highest BCUT2D eigenvalue weighted by molar-refractivity contribution is 7.91. The highest BCUT2D eigenvalue weighted by Crippen LogP contribution is 2.37. The van der Waals surface area contributed by atoms with Gasteiger partial charge in [0.05, 0.1) is 11.2 Å². The van der Waals surface area contributed by atoms with Gasteiger partial charge in [-0.25, -0.2) is 13.2 Å². The lowest BCUT2D eigenvalue weighted by Gasteiger charge is -2.32. The van der Waals surface area contributed by atoms with Crippen molar-refractivity contribution in [3.63, 3.8) is 0 Å². The first-order valence-electron chi connectivity index (χ1n) is 10.5. The second-order valence-corrected chi connectivity index (χ2v) is 13.4. The standard InChI is InChI=1S/C20H33BN2O6S2/c1-18(2,3)27-17(24)22-12-14-10-11-23(13-14)31(25,26)16-9-8-15(30-16)21-28-19(4,5)20(6,7)29-21/h8-9,14H,10-13H2,1-7H3,(H,22,24)/t14-/m1/s1. The quantitative estimate of drug-likeness (QED) is 0.663. The predicted octanol–water partition coefficient (Wildman–Crippen LogP) is 2.58. The molecule has 0 saturated carbocycles. The maximum absolute atomic E-state index is 13.1. The molecule has 2 saturated heterocycles. The van der Waals surface area contributed by atoms with Gasteiger partial charge in [0.1, 0.15) is 9.81 Å². The first-order valence-corrected chi connectivity index (χ1v) is 12.8. The molecule has 3 heterocycles. The van der Waals surface area contributed by atoms with Gasteiger partial charge in [-0.05, 0) is 66.9 Å². The van der Waals surface area contributed by atoms with E-state index in [1.165, 1.54) is 15.6 Å². The summed E-state index contributed by atoms with van der Waals surface area (Å²) in [4.78, 5) is 11.8. The van der Waals surface area contributed by atoms with Gasteiger partial charge >= 0.3 is 13.2 Å². The second-order valence-electron chi connectivity index (χ2n) is 10.1. The van der Waals surface area contributed by atoms with Crippen LogP contribution in [-0.2, 0) is 24.1 Å². The summed E-state index contributed by atoms with van der Waals surface area (Å²) in [6, 6.07) is 3.38. The lowest BCUT2D eigenvalue weighted by molar-refractivity contribution is 0.00578. The Labute approximate surface area is 189 Å². The number of thiophene rings is 1. The summed E-state index contributed by atoms with van der Waals surface area (Å²) in [7, 11) is -4.19. The Morgan fingerprint density at radius 2 is 1.87 bits per heavy atom. The fraction of sp³-hybridized carbons (Fsp3) is 0.750. The lowest BCUT2D eigenvalue weighted by Crippen LogP contribution is -2.41. The van der Waals surface area contributed by atoms with E-state index in [9.17, 15) is 13.2 Å². The van der Waals surface area contributed by atoms with Crippen LogP contribution >= 0.6 is 11.3 Å². The van der Waals surface area contributed by atoms with E-state index in [-0.39, 0.29) is 10.1 Å². The van der Waals surface area contributed by atoms with E-state index in [0.717, 1.165) is 4.78 Å². The highest BCUT2D eigenvalue weighted by Gasteiger charge is 2.52. The molecule has 1 amide bonds. The average molecular weight is 472 g/mol. The van der Waals surface area contributed by atoms with Gasteiger partial charge in [-0.1, -0.05) is 6.07 Å². The Balaban J connectivity index is 1.60. The van der Waals surface area contributed by atoms with Crippen LogP contribution in [0.5, 0.6) is 0 Å². The molecule has 0 unspecified atom stereocenters. The molecule has 8 nitrogen and oxygen atoms in total. The first kappa shape index (κ1) is 24.5. The molecule has 1 atom stereocenters. The Morgan fingerprint density at radius 1 is 1.26 bits per heavy atom. The van der Waals surface area contributed by atoms with E-state index in [1.54, 1.807) is 32.9 Å². The van der Waals surface area contributed by atoms with Gasteiger partial charge in [0, 0.05) is 24.4 Å². The number of hydrogen-bond acceptors (Lipinski definition) is 7. The topological polar surface area (TPSA) is 94.2 Å². The van der Waals surface area contributed by atoms with Crippen LogP contribution in [0, 0.1) is 5.92 Å². The molecule has 0 aliphatic carbocycles. The molecule has 0 bridgehead atoms. The smallest absolute Gasteiger partial charge is 0.444 e. The molecule has 174 valence electrons. The van der Waals surface area contributed by atoms with Crippen LogP contribution in [0.25, 0.3) is 0 Å². The van der Waals surface area contributed by atoms with E-state index in [4.69, 9.17) is 14.0 Å². The van der Waals surface area contributed by atoms with Crippen molar-refractivity contribution in [1.82, 2.24) is 9.62 Å². The van der Waals surface area contributed by atoms with Crippen LogP contribution in [0.1, 0.15) is 54.9 Å². The molecular weight excluding hydrogens is 439 g/mol. The van der Waals surface area contributed by atoms with Crippen molar-refractivity contribution in [2.75, 3.05) is 19.6 Å². The van der Waals surface area contributed by atoms with Gasteiger partial charge in [0.25, 0.3) is 10.0 Å². The zero-order valence-electron chi connectivity index (χ0n) is 19.4. The zero-order valence-corrected chi connectivity index (χ0v) is 21.0. The predicted molar refractivity (Wildman–Crippen MR) is 121 cm³/mol. The molecule has 2 aliphatic heterocycles. The van der Waals surface area contributed by atoms with Gasteiger partial charge in [-0.2, -0.15) is 4.31 Å². The molecule has 2 aliphatic rings. The van der Waals surface area contributed by atoms with Crippen molar-refractivity contribution >= 4 is 39.3 Å². The van der Waals surface area contributed by atoms with Crippen molar-refractivity contribution in [3.05, 3.63) is 12.1 Å². The molecule has 0 radical (unpaired) electrons. The molecular formula is C20H33BN2O6S2. The van der Waals surface area contributed by atoms with Crippen LogP contribution in [0.3, 0.4) is 0 Å². The summed E-state index contributed by atoms with van der Waals surface area (Å²) >= 11 is 1.18. The summed E-state index contributed by atoms with van der Waals surface area (Å²) < 4.78 is 46.1. The first-order chi connectivity index (χ1) is 14.1. The third-order valence-corrected chi connectivity index (χ3v) is 9.30. The van der Waals surface area contributed by atoms with Gasteiger partial charge in [0.2, 0.25) is 0 Å². The van der Waals surface area contributed by atoms with Crippen LogP contribution in [0.4, 0.5) is 4.79 Å². The number of nitrogens with zero attached hydrogens (tertiary/aromatic N) is 1. The number of carbonyl (C=O) groups excluding carboxylic acids is 1. The SMILES string of the molecule is CC(C)(C)OC(=O)NC[C@H]1CCN(S(=O)(=O)c2ccc(B3OC(C)(C)C(C)(C)O3)s2)C1. The van der Waals surface area contributed by atoms with Crippen LogP contribution in [0.2, 0.25) is 0 Å². The minimum absolute atomic E-state index is 0.0461. The van der Waals surface area contributed by atoms with Crippen LogP contribution < -0.4 is 10.1 Å². The van der Waals surface area contributed by atoms with E-state index >= 15 is 0 Å². The summed E-state index contributed by atoms with van der Waals surface area (Å²) in [5.74, 6) is 0.0461. The second kappa shape index (κ2) is 8.33. The maximum atomic E-state index is 13.1. The number of hydrogen-bond donors (Lipinski definition) is 1. The number of sulfonamides is 1. The van der Waals surface area contributed by atoms with E-state index in [2.05, 4.69) is 5.32 Å². The molecule has 1 aromatic rings. The molecule has 3 rings (SSSR count). The largest absolute Gasteiger partial charge is 0.505 e. The minimum Gasteiger partial charge on any atom is -0.444 e. The van der Waals surface area contributed by atoms with Crippen molar-refractivity contribution in [3.8, 4) is 0 Å². The molecule has 0 aromatic carbocycles. The third-order valence-electron chi connectivity index (χ3n) is 5.86. The summed E-state index contributed by atoms with van der Waals surface area (Å²) in [6.45, 7) is 14.4. The zero-order chi connectivity index (χ0) is 23.2. The Bertz CT molecular complexity index is 906. The van der Waals surface area contributed by atoms with Crippen LogP contribution in [0.15, 0.2) is 16.3 Å². The number of carbonyl (C=O) groups is 1. The monoisotopic (exact) mass is 472 g/mol. The fourth-order valence-corrected chi connectivity index (χ4v) is 6.38. The number of nitrogens with one attached hydrogen (secondary N) is 1. The number of alkyl carbamates (subject to hydrolysis) is 1. The molecule has 11 heteroatoms. The van der Waals surface area contributed by atoms with E-state index in [1.807, 2.05) is 27.7 Å². The Kier molecular flexibility index (Phi) is 6.59. The Hall–Kier alpha value is -1.14. The number of rotatable bonds is 5. The van der Waals surface area contributed by atoms with Gasteiger partial charge < -0.3 is 19.4 Å². The minimum atomic E-state index is -3.61. The number of amides is 1. The molecule has 31 heavy (non-hydrogen) atoms. The van der Waals surface area contributed by atoms with Gasteiger partial charge in [0.15, 0.2) is 0 Å². The van der Waals surface area contributed by atoms with Crippen molar-refractivity contribution in [2.24, 2.45) is 5.92 Å². The average Bonchev–Trinajstić information content (AvgIpc) is 3.31. The van der Waals surface area contributed by atoms with E-state index < -0.39 is 40.0 Å². The highest BCUT2D eigenvalue weighted by atomic mass is 32.2. The summed E-state index contributed by atoms with van der Waals surface area (Å²) in [6.07, 6.45) is 0.198. The molecule has 1 aromatic heterocycles. The molecule has 1 N–H and O–H groups in total. The lowest BCUT2D eigenvalue weighted by atomic mass is 9.88. The fourth-order valence-electron chi connectivity index (χ4n) is 3.41. The van der Waals surface area contributed by atoms with Gasteiger partial charge in [-0.3, -0.25) is 0 Å². The number of ether oxygens (including phenoxy) is 1. The van der Waals surface area contributed by atoms with Gasteiger partial charge in [-0.15, -0.1) is 11.3 Å². The summed E-state index contributed by atoms with van der Waals surface area (Å²) in [5.41, 5.74) is -1.53. The molecule has 2 fully saturated rings. The van der Waals surface area contributed by atoms with Crippen molar-refractivity contribution < 1.29 is 27.3 Å². The van der Waals surface area contributed by atoms with Crippen LogP contribution in [-0.4, -0.2) is 62.4 Å².